The highest BCUT2D eigenvalue weighted by Crippen LogP contribution is 2.23. The van der Waals surface area contributed by atoms with Gasteiger partial charge < -0.3 is 5.11 Å². The molecule has 0 atom stereocenters. The van der Waals surface area contributed by atoms with Crippen LogP contribution < -0.4 is 4.48 Å². The number of nitrogens with zero attached hydrogens (tertiary/aromatic N) is 1. The van der Waals surface area contributed by atoms with Crippen LogP contribution in [0.15, 0.2) is 24.3 Å². The van der Waals surface area contributed by atoms with Gasteiger partial charge in [-0.25, -0.2) is 0 Å². The largest absolute Gasteiger partial charge is 0.386 e. The van der Waals surface area contributed by atoms with Gasteiger partial charge in [-0.15, -0.1) is 0 Å². The summed E-state index contributed by atoms with van der Waals surface area (Å²) >= 11 is 0. The van der Waals surface area contributed by atoms with Gasteiger partial charge in [0.1, 0.15) is 5.69 Å². The molecule has 0 radical (unpaired) electrons. The summed E-state index contributed by atoms with van der Waals surface area (Å²) in [5.41, 5.74) is 1.44. The summed E-state index contributed by atoms with van der Waals surface area (Å²) in [7, 11) is 6.37. The molecule has 0 aliphatic rings. The summed E-state index contributed by atoms with van der Waals surface area (Å²) in [5, 5.41) is 9.78. The Morgan fingerprint density at radius 3 is 1.71 bits per heavy atom. The first-order chi connectivity index (χ1) is 6.21. The van der Waals surface area contributed by atoms with Crippen molar-refractivity contribution in [1.82, 2.24) is 4.48 Å². The quantitative estimate of drug-likeness (QED) is 0.715. The molecule has 2 nitrogen and oxygen atoms in total. The van der Waals surface area contributed by atoms with E-state index in [1.165, 1.54) is 5.69 Å². The first-order valence-corrected chi connectivity index (χ1v) is 4.86. The third-order valence-corrected chi connectivity index (χ3v) is 2.35. The Labute approximate surface area is 86.4 Å². The average Bonchev–Trinajstić information content (AvgIpc) is 2.01. The lowest BCUT2D eigenvalue weighted by Crippen LogP contribution is -2.34. The van der Waals surface area contributed by atoms with Gasteiger partial charge in [0.15, 0.2) is 0 Å². The molecule has 0 amide bonds. The van der Waals surface area contributed by atoms with Crippen molar-refractivity contribution in [3.05, 3.63) is 29.8 Å². The van der Waals surface area contributed by atoms with E-state index in [1.807, 2.05) is 12.1 Å². The molecule has 0 aromatic heterocycles. The van der Waals surface area contributed by atoms with Gasteiger partial charge in [-0.2, -0.15) is 0 Å². The number of quaternary nitrogens is 1. The fraction of sp³-hybridized carbons (Fsp3) is 0.500. The second-order valence-corrected chi connectivity index (χ2v) is 5.12. The van der Waals surface area contributed by atoms with Crippen LogP contribution in [0.2, 0.25) is 0 Å². The van der Waals surface area contributed by atoms with Crippen molar-refractivity contribution in [2.75, 3.05) is 21.1 Å². The molecule has 1 aromatic rings. The highest BCUT2D eigenvalue weighted by atomic mass is 16.3. The molecule has 0 heterocycles. The maximum Gasteiger partial charge on any atom is 0.132 e. The normalized spacial score (nSPS) is 13.0. The van der Waals surface area contributed by atoms with E-state index in [0.717, 1.165) is 10.0 Å². The van der Waals surface area contributed by atoms with Crippen molar-refractivity contribution in [3.8, 4) is 0 Å². The van der Waals surface area contributed by atoms with Gasteiger partial charge in [0.25, 0.3) is 0 Å². The smallest absolute Gasteiger partial charge is 0.132 e. The van der Waals surface area contributed by atoms with Crippen LogP contribution in [0.4, 0.5) is 5.69 Å². The molecule has 0 fully saturated rings. The van der Waals surface area contributed by atoms with Crippen molar-refractivity contribution >= 4 is 5.69 Å². The SMILES string of the molecule is CC(C)(O)c1ccc([N+](C)(C)C)cc1. The number of hydrogen-bond acceptors (Lipinski definition) is 1. The third kappa shape index (κ3) is 2.56. The minimum Gasteiger partial charge on any atom is -0.386 e. The van der Waals surface area contributed by atoms with Crippen LogP contribution in [-0.2, 0) is 5.60 Å². The van der Waals surface area contributed by atoms with Crippen LogP contribution in [0.3, 0.4) is 0 Å². The zero-order valence-corrected chi connectivity index (χ0v) is 9.70. The Hall–Kier alpha value is -0.860. The number of rotatable bonds is 2. The molecule has 2 heteroatoms. The number of hydrogen-bond donors (Lipinski definition) is 1. The second kappa shape index (κ2) is 3.37. The van der Waals surface area contributed by atoms with Gasteiger partial charge >= 0.3 is 0 Å². The van der Waals surface area contributed by atoms with Crippen molar-refractivity contribution in [1.29, 1.82) is 0 Å². The third-order valence-electron chi connectivity index (χ3n) is 2.35. The Morgan fingerprint density at radius 1 is 1.00 bits per heavy atom. The maximum atomic E-state index is 9.78. The van der Waals surface area contributed by atoms with E-state index in [1.54, 1.807) is 13.8 Å². The monoisotopic (exact) mass is 194 g/mol. The number of aliphatic hydroxyl groups is 1. The lowest BCUT2D eigenvalue weighted by molar-refractivity contribution is 0.0786. The summed E-state index contributed by atoms with van der Waals surface area (Å²) in [6, 6.07) is 8.10. The predicted molar refractivity (Wildman–Crippen MR) is 61.3 cm³/mol. The summed E-state index contributed by atoms with van der Waals surface area (Å²) in [6.07, 6.45) is 0. The fourth-order valence-corrected chi connectivity index (χ4v) is 1.32. The summed E-state index contributed by atoms with van der Waals surface area (Å²) < 4.78 is 0.798. The molecule has 0 saturated carbocycles. The van der Waals surface area contributed by atoms with E-state index >= 15 is 0 Å². The molecule has 0 spiro atoms. The standard InChI is InChI=1S/C12H20NO/c1-12(2,14)10-6-8-11(9-7-10)13(3,4)5/h6-9,14H,1-5H3/q+1. The first kappa shape index (κ1) is 11.2. The molecule has 0 bridgehead atoms. The highest BCUT2D eigenvalue weighted by molar-refractivity contribution is 5.43. The first-order valence-electron chi connectivity index (χ1n) is 4.86. The van der Waals surface area contributed by atoms with Crippen LogP contribution in [0.25, 0.3) is 0 Å². The Balaban J connectivity index is 3.02. The summed E-state index contributed by atoms with van der Waals surface area (Å²) in [4.78, 5) is 0. The molecule has 0 aliphatic heterocycles. The maximum absolute atomic E-state index is 9.78. The van der Waals surface area contributed by atoms with E-state index in [2.05, 4.69) is 33.3 Å². The molecule has 1 aromatic carbocycles. The fourth-order valence-electron chi connectivity index (χ4n) is 1.32. The van der Waals surface area contributed by atoms with Crippen LogP contribution >= 0.6 is 0 Å². The molecular weight excluding hydrogens is 174 g/mol. The minimum absolute atomic E-state index is 0.747. The zero-order valence-electron chi connectivity index (χ0n) is 9.70. The molecule has 0 aliphatic carbocycles. The topological polar surface area (TPSA) is 20.2 Å². The van der Waals surface area contributed by atoms with Crippen LogP contribution in [0, 0.1) is 0 Å². The average molecular weight is 194 g/mol. The molecule has 0 unspecified atom stereocenters. The Kier molecular flexibility index (Phi) is 2.70. The van der Waals surface area contributed by atoms with Crippen molar-refractivity contribution < 1.29 is 5.11 Å². The van der Waals surface area contributed by atoms with Crippen LogP contribution in [0.5, 0.6) is 0 Å². The van der Waals surface area contributed by atoms with Gasteiger partial charge in [0.2, 0.25) is 0 Å². The lowest BCUT2D eigenvalue weighted by atomic mass is 9.98. The van der Waals surface area contributed by atoms with Gasteiger partial charge in [-0.3, -0.25) is 4.48 Å². The zero-order chi connectivity index (χ0) is 11.0. The number of benzene rings is 1. The lowest BCUT2D eigenvalue weighted by Gasteiger charge is -2.24. The summed E-state index contributed by atoms with van der Waals surface area (Å²) in [5.74, 6) is 0. The van der Waals surface area contributed by atoms with E-state index in [0.29, 0.717) is 0 Å². The van der Waals surface area contributed by atoms with Crippen molar-refractivity contribution in [2.45, 2.75) is 19.4 Å². The molecule has 14 heavy (non-hydrogen) atoms. The molecule has 0 saturated heterocycles. The Bertz CT molecular complexity index is 268. The van der Waals surface area contributed by atoms with Gasteiger partial charge in [0.05, 0.1) is 26.7 Å². The highest BCUT2D eigenvalue weighted by Gasteiger charge is 2.17. The van der Waals surface area contributed by atoms with Crippen LogP contribution in [0.1, 0.15) is 19.4 Å². The van der Waals surface area contributed by atoms with E-state index in [4.69, 9.17) is 0 Å². The Morgan fingerprint density at radius 2 is 1.43 bits per heavy atom. The van der Waals surface area contributed by atoms with Gasteiger partial charge in [0, 0.05) is 0 Å². The summed E-state index contributed by atoms with van der Waals surface area (Å²) in [6.45, 7) is 3.60. The molecular formula is C12H20NO+. The van der Waals surface area contributed by atoms with Gasteiger partial charge in [-0.1, -0.05) is 12.1 Å². The second-order valence-electron chi connectivity index (χ2n) is 5.12. The van der Waals surface area contributed by atoms with Crippen molar-refractivity contribution in [3.63, 3.8) is 0 Å². The van der Waals surface area contributed by atoms with E-state index < -0.39 is 5.60 Å². The van der Waals surface area contributed by atoms with Crippen molar-refractivity contribution in [2.24, 2.45) is 0 Å². The molecule has 1 rings (SSSR count). The van der Waals surface area contributed by atoms with E-state index in [9.17, 15) is 5.11 Å². The van der Waals surface area contributed by atoms with Crippen LogP contribution in [-0.4, -0.2) is 26.2 Å². The van der Waals surface area contributed by atoms with Gasteiger partial charge in [-0.05, 0) is 31.5 Å². The molecule has 1 N–H and O–H groups in total. The predicted octanol–water partition coefficient (Wildman–Crippen LogP) is 2.11. The molecule has 78 valence electrons. The minimum atomic E-state index is -0.747. The van der Waals surface area contributed by atoms with E-state index in [-0.39, 0.29) is 0 Å².